The summed E-state index contributed by atoms with van der Waals surface area (Å²) in [5.41, 5.74) is 8.32. The molecule has 1 unspecified atom stereocenters. The molecule has 1 aromatic carbocycles. The second kappa shape index (κ2) is 4.23. The lowest BCUT2D eigenvalue weighted by Crippen LogP contribution is -2.35. The minimum atomic E-state index is -3.03. The molecule has 6 heteroatoms. The Balaban J connectivity index is 1.86. The van der Waals surface area contributed by atoms with Crippen molar-refractivity contribution in [2.24, 2.45) is 5.92 Å². The Morgan fingerprint density at radius 2 is 2.16 bits per heavy atom. The number of nitrogens with zero attached hydrogens (tertiary/aromatic N) is 1. The van der Waals surface area contributed by atoms with Gasteiger partial charge in [-0.25, -0.2) is 8.42 Å². The molecule has 1 saturated heterocycles. The SMILES string of the molecule is Nc1ccc2c(c1)N(C(=O)C1CCS(=O)(=O)C1)CC2. The van der Waals surface area contributed by atoms with E-state index in [0.29, 0.717) is 18.7 Å². The predicted octanol–water partition coefficient (Wildman–Crippen LogP) is 0.593. The maximum atomic E-state index is 12.4. The first-order chi connectivity index (χ1) is 8.96. The van der Waals surface area contributed by atoms with Gasteiger partial charge in [0.1, 0.15) is 0 Å². The fourth-order valence-electron chi connectivity index (χ4n) is 2.84. The summed E-state index contributed by atoms with van der Waals surface area (Å²) in [5, 5.41) is 0. The summed E-state index contributed by atoms with van der Waals surface area (Å²) in [4.78, 5) is 14.1. The van der Waals surface area contributed by atoms with Gasteiger partial charge in [-0.05, 0) is 30.5 Å². The fourth-order valence-corrected chi connectivity index (χ4v) is 4.57. The van der Waals surface area contributed by atoms with Gasteiger partial charge in [0.05, 0.1) is 17.4 Å². The summed E-state index contributed by atoms with van der Waals surface area (Å²) in [6, 6.07) is 5.56. The van der Waals surface area contributed by atoms with E-state index >= 15 is 0 Å². The first-order valence-electron chi connectivity index (χ1n) is 6.36. The molecule has 1 fully saturated rings. The van der Waals surface area contributed by atoms with Gasteiger partial charge < -0.3 is 10.6 Å². The van der Waals surface area contributed by atoms with Crippen molar-refractivity contribution in [3.8, 4) is 0 Å². The van der Waals surface area contributed by atoms with Crippen LogP contribution in [0.2, 0.25) is 0 Å². The van der Waals surface area contributed by atoms with Crippen molar-refractivity contribution in [2.75, 3.05) is 28.7 Å². The lowest BCUT2D eigenvalue weighted by Gasteiger charge is -2.20. The number of hydrogen-bond donors (Lipinski definition) is 1. The summed E-state index contributed by atoms with van der Waals surface area (Å²) >= 11 is 0. The number of carbonyl (C=O) groups excluding carboxylic acids is 1. The van der Waals surface area contributed by atoms with Gasteiger partial charge >= 0.3 is 0 Å². The molecule has 102 valence electrons. The zero-order valence-electron chi connectivity index (χ0n) is 10.5. The molecule has 0 spiro atoms. The zero-order chi connectivity index (χ0) is 13.6. The predicted molar refractivity (Wildman–Crippen MR) is 73.7 cm³/mol. The van der Waals surface area contributed by atoms with Crippen molar-refractivity contribution in [3.63, 3.8) is 0 Å². The summed E-state index contributed by atoms with van der Waals surface area (Å²) in [7, 11) is -3.03. The quantitative estimate of drug-likeness (QED) is 0.764. The highest BCUT2D eigenvalue weighted by molar-refractivity contribution is 7.91. The maximum absolute atomic E-state index is 12.4. The molecular weight excluding hydrogens is 264 g/mol. The molecule has 0 radical (unpaired) electrons. The fraction of sp³-hybridized carbons (Fsp3) is 0.462. The highest BCUT2D eigenvalue weighted by Crippen LogP contribution is 2.32. The Morgan fingerprint density at radius 3 is 2.84 bits per heavy atom. The first kappa shape index (κ1) is 12.5. The Bertz CT molecular complexity index is 639. The smallest absolute Gasteiger partial charge is 0.231 e. The van der Waals surface area contributed by atoms with E-state index in [1.807, 2.05) is 12.1 Å². The van der Waals surface area contributed by atoms with Crippen molar-refractivity contribution in [1.82, 2.24) is 0 Å². The Hall–Kier alpha value is -1.56. The van der Waals surface area contributed by atoms with Crippen LogP contribution in [0, 0.1) is 5.92 Å². The second-order valence-corrected chi connectivity index (χ2v) is 7.46. The second-order valence-electron chi connectivity index (χ2n) is 5.23. The number of rotatable bonds is 1. The van der Waals surface area contributed by atoms with Crippen LogP contribution in [0.1, 0.15) is 12.0 Å². The number of nitrogens with two attached hydrogens (primary N) is 1. The minimum Gasteiger partial charge on any atom is -0.399 e. The number of hydrogen-bond acceptors (Lipinski definition) is 4. The molecule has 1 aromatic rings. The van der Waals surface area contributed by atoms with Crippen molar-refractivity contribution in [3.05, 3.63) is 23.8 Å². The molecule has 2 aliphatic heterocycles. The van der Waals surface area contributed by atoms with Crippen LogP contribution in [0.3, 0.4) is 0 Å². The average molecular weight is 280 g/mol. The molecule has 0 aliphatic carbocycles. The molecule has 0 aromatic heterocycles. The number of fused-ring (bicyclic) bond motifs is 1. The van der Waals surface area contributed by atoms with Gasteiger partial charge in [-0.2, -0.15) is 0 Å². The molecule has 3 rings (SSSR count). The van der Waals surface area contributed by atoms with Crippen molar-refractivity contribution < 1.29 is 13.2 Å². The minimum absolute atomic E-state index is 0.0139. The van der Waals surface area contributed by atoms with E-state index in [1.54, 1.807) is 11.0 Å². The molecule has 5 nitrogen and oxygen atoms in total. The standard InChI is InChI=1S/C13H16N2O3S/c14-11-2-1-9-3-5-15(12(9)7-11)13(16)10-4-6-19(17,18)8-10/h1-2,7,10H,3-6,8,14H2. The van der Waals surface area contributed by atoms with E-state index in [9.17, 15) is 13.2 Å². The van der Waals surface area contributed by atoms with Gasteiger partial charge in [-0.15, -0.1) is 0 Å². The largest absolute Gasteiger partial charge is 0.399 e. The summed E-state index contributed by atoms with van der Waals surface area (Å²) < 4.78 is 22.9. The number of anilines is 2. The number of benzene rings is 1. The third-order valence-corrected chi connectivity index (χ3v) is 5.62. The van der Waals surface area contributed by atoms with Gasteiger partial charge in [0.25, 0.3) is 0 Å². The first-order valence-corrected chi connectivity index (χ1v) is 8.19. The average Bonchev–Trinajstić information content (AvgIpc) is 2.91. The number of carbonyl (C=O) groups is 1. The van der Waals surface area contributed by atoms with Gasteiger partial charge in [0.15, 0.2) is 9.84 Å². The molecule has 19 heavy (non-hydrogen) atoms. The maximum Gasteiger partial charge on any atom is 0.231 e. The van der Waals surface area contributed by atoms with E-state index in [1.165, 1.54) is 0 Å². The van der Waals surface area contributed by atoms with Gasteiger partial charge in [0, 0.05) is 17.9 Å². The molecule has 2 N–H and O–H groups in total. The van der Waals surface area contributed by atoms with Crippen molar-refractivity contribution in [1.29, 1.82) is 0 Å². The van der Waals surface area contributed by atoms with E-state index in [0.717, 1.165) is 17.7 Å². The molecule has 2 heterocycles. The van der Waals surface area contributed by atoms with E-state index in [-0.39, 0.29) is 17.4 Å². The molecule has 1 amide bonds. The summed E-state index contributed by atoms with van der Waals surface area (Å²) in [6.45, 7) is 0.619. The van der Waals surface area contributed by atoms with E-state index in [4.69, 9.17) is 5.73 Å². The van der Waals surface area contributed by atoms with Crippen LogP contribution in [-0.4, -0.2) is 32.4 Å². The van der Waals surface area contributed by atoms with Crippen LogP contribution < -0.4 is 10.6 Å². The monoisotopic (exact) mass is 280 g/mol. The highest BCUT2D eigenvalue weighted by Gasteiger charge is 2.37. The molecule has 0 saturated carbocycles. The van der Waals surface area contributed by atoms with Crippen LogP contribution in [0.15, 0.2) is 18.2 Å². The van der Waals surface area contributed by atoms with Gasteiger partial charge in [0.2, 0.25) is 5.91 Å². The van der Waals surface area contributed by atoms with Crippen LogP contribution >= 0.6 is 0 Å². The molecule has 1 atom stereocenters. The van der Waals surface area contributed by atoms with Crippen LogP contribution in [0.5, 0.6) is 0 Å². The summed E-state index contributed by atoms with van der Waals surface area (Å²) in [6.07, 6.45) is 1.25. The van der Waals surface area contributed by atoms with E-state index in [2.05, 4.69) is 0 Å². The molecular formula is C13H16N2O3S. The third kappa shape index (κ3) is 2.20. The topological polar surface area (TPSA) is 80.5 Å². The lowest BCUT2D eigenvalue weighted by molar-refractivity contribution is -0.121. The third-order valence-electron chi connectivity index (χ3n) is 3.85. The van der Waals surface area contributed by atoms with Crippen LogP contribution in [-0.2, 0) is 21.1 Å². The zero-order valence-corrected chi connectivity index (χ0v) is 11.3. The molecule has 2 aliphatic rings. The van der Waals surface area contributed by atoms with Crippen molar-refractivity contribution in [2.45, 2.75) is 12.8 Å². The van der Waals surface area contributed by atoms with Crippen LogP contribution in [0.25, 0.3) is 0 Å². The van der Waals surface area contributed by atoms with E-state index < -0.39 is 15.8 Å². The Morgan fingerprint density at radius 1 is 1.37 bits per heavy atom. The summed E-state index contributed by atoms with van der Waals surface area (Å²) in [5.74, 6) is -0.358. The highest BCUT2D eigenvalue weighted by atomic mass is 32.2. The molecule has 0 bridgehead atoms. The number of amides is 1. The lowest BCUT2D eigenvalue weighted by atomic mass is 10.1. The number of nitrogen functional groups attached to an aromatic ring is 1. The van der Waals surface area contributed by atoms with Gasteiger partial charge in [-0.1, -0.05) is 6.07 Å². The van der Waals surface area contributed by atoms with Gasteiger partial charge in [-0.3, -0.25) is 4.79 Å². The Kier molecular flexibility index (Phi) is 2.78. The van der Waals surface area contributed by atoms with Crippen LogP contribution in [0.4, 0.5) is 11.4 Å². The normalized spacial score (nSPS) is 24.4. The van der Waals surface area contributed by atoms with Crippen molar-refractivity contribution >= 4 is 27.1 Å². The Labute approximate surface area is 112 Å². The number of sulfone groups is 1.